The van der Waals surface area contributed by atoms with Gasteiger partial charge < -0.3 is 20.1 Å². The zero-order valence-electron chi connectivity index (χ0n) is 18.2. The predicted octanol–water partition coefficient (Wildman–Crippen LogP) is 6.02. The fourth-order valence-corrected chi connectivity index (χ4v) is 5.65. The standard InChI is InChI=1S/C25H20Br2O6/c1-10-8-16(26)21(28)19(12(10)3)25(20-13(4)11(2)9-17(27)22(20)29)15-7-5-6-14(23(30)31)18(15)24(32)33-25/h5-9,28-29H,1-4H3,(H,30,31). The Balaban J connectivity index is 2.31. The number of carboxylic acids is 1. The molecule has 0 aromatic heterocycles. The van der Waals surface area contributed by atoms with E-state index in [2.05, 4.69) is 31.9 Å². The van der Waals surface area contributed by atoms with Crippen LogP contribution in [0.3, 0.4) is 0 Å². The lowest BCUT2D eigenvalue weighted by Crippen LogP contribution is -2.32. The molecule has 1 heterocycles. The number of carboxylic acid groups (broad SMARTS) is 1. The number of rotatable bonds is 3. The Morgan fingerprint density at radius 3 is 1.85 bits per heavy atom. The van der Waals surface area contributed by atoms with Crippen molar-refractivity contribution < 1.29 is 29.6 Å². The summed E-state index contributed by atoms with van der Waals surface area (Å²) >= 11 is 6.75. The summed E-state index contributed by atoms with van der Waals surface area (Å²) in [6.45, 7) is 7.26. The number of hydrogen-bond acceptors (Lipinski definition) is 5. The third kappa shape index (κ3) is 3.19. The van der Waals surface area contributed by atoms with Crippen molar-refractivity contribution in [1.29, 1.82) is 0 Å². The lowest BCUT2D eigenvalue weighted by atomic mass is 9.74. The lowest BCUT2D eigenvalue weighted by molar-refractivity contribution is 0.0233. The number of ether oxygens (including phenoxy) is 1. The SMILES string of the molecule is Cc1cc(Br)c(O)c(C2(c3c(C)c(C)cc(Br)c3O)OC(=O)c3c(C(=O)O)cccc32)c1C. The van der Waals surface area contributed by atoms with E-state index in [1.54, 1.807) is 32.0 Å². The lowest BCUT2D eigenvalue weighted by Gasteiger charge is -2.35. The highest BCUT2D eigenvalue weighted by molar-refractivity contribution is 9.10. The maximum atomic E-state index is 13.3. The van der Waals surface area contributed by atoms with E-state index >= 15 is 0 Å². The van der Waals surface area contributed by atoms with Crippen LogP contribution in [0.4, 0.5) is 0 Å². The molecular formula is C25H20Br2O6. The molecule has 6 nitrogen and oxygen atoms in total. The van der Waals surface area contributed by atoms with Gasteiger partial charge in [0.25, 0.3) is 0 Å². The van der Waals surface area contributed by atoms with Crippen LogP contribution < -0.4 is 0 Å². The number of fused-ring (bicyclic) bond motifs is 1. The van der Waals surface area contributed by atoms with E-state index in [-0.39, 0.29) is 39.3 Å². The van der Waals surface area contributed by atoms with Gasteiger partial charge in [-0.25, -0.2) is 9.59 Å². The van der Waals surface area contributed by atoms with E-state index in [0.717, 1.165) is 11.1 Å². The highest BCUT2D eigenvalue weighted by atomic mass is 79.9. The first-order valence-corrected chi connectivity index (χ1v) is 11.6. The molecule has 3 N–H and O–H groups in total. The summed E-state index contributed by atoms with van der Waals surface area (Å²) in [6, 6.07) is 7.93. The molecule has 3 aromatic carbocycles. The van der Waals surface area contributed by atoms with Crippen molar-refractivity contribution >= 4 is 43.8 Å². The molecule has 0 fully saturated rings. The molecule has 0 spiro atoms. The first kappa shape index (κ1) is 23.3. The molecular weight excluding hydrogens is 556 g/mol. The molecule has 3 aromatic rings. The third-order valence-electron chi connectivity index (χ3n) is 6.37. The van der Waals surface area contributed by atoms with Crippen LogP contribution in [-0.2, 0) is 10.3 Å². The molecule has 170 valence electrons. The molecule has 1 aliphatic rings. The average Bonchev–Trinajstić information content (AvgIpc) is 3.04. The Bertz CT molecular complexity index is 1260. The highest BCUT2D eigenvalue weighted by Gasteiger charge is 2.54. The van der Waals surface area contributed by atoms with Crippen molar-refractivity contribution in [3.63, 3.8) is 0 Å². The number of halogens is 2. The van der Waals surface area contributed by atoms with Crippen molar-refractivity contribution in [2.75, 3.05) is 0 Å². The fourth-order valence-electron chi connectivity index (χ4n) is 4.57. The fraction of sp³-hybridized carbons (Fsp3) is 0.200. The second-order valence-corrected chi connectivity index (χ2v) is 9.86. The number of hydrogen-bond donors (Lipinski definition) is 3. The van der Waals surface area contributed by atoms with E-state index in [9.17, 15) is 24.9 Å². The molecule has 0 atom stereocenters. The third-order valence-corrected chi connectivity index (χ3v) is 7.58. The molecule has 0 unspecified atom stereocenters. The molecule has 0 bridgehead atoms. The second-order valence-electron chi connectivity index (χ2n) is 8.15. The van der Waals surface area contributed by atoms with Gasteiger partial charge in [-0.3, -0.25) is 0 Å². The maximum Gasteiger partial charge on any atom is 0.341 e. The largest absolute Gasteiger partial charge is 0.506 e. The summed E-state index contributed by atoms with van der Waals surface area (Å²) in [6.07, 6.45) is 0. The van der Waals surface area contributed by atoms with Crippen LogP contribution in [0.1, 0.15) is 59.7 Å². The van der Waals surface area contributed by atoms with Gasteiger partial charge in [0.1, 0.15) is 11.5 Å². The first-order chi connectivity index (χ1) is 15.4. The predicted molar refractivity (Wildman–Crippen MR) is 129 cm³/mol. The number of aryl methyl sites for hydroxylation is 2. The van der Waals surface area contributed by atoms with E-state index in [1.807, 2.05) is 13.8 Å². The molecule has 0 radical (unpaired) electrons. The number of phenols is 2. The minimum absolute atomic E-state index is 0.113. The Morgan fingerprint density at radius 1 is 0.909 bits per heavy atom. The van der Waals surface area contributed by atoms with Crippen LogP contribution in [0.15, 0.2) is 39.3 Å². The Labute approximate surface area is 207 Å². The summed E-state index contributed by atoms with van der Waals surface area (Å²) in [5.41, 5.74) is 1.49. The Morgan fingerprint density at radius 2 is 1.39 bits per heavy atom. The molecule has 1 aliphatic heterocycles. The van der Waals surface area contributed by atoms with Gasteiger partial charge in [-0.15, -0.1) is 0 Å². The van der Waals surface area contributed by atoms with Gasteiger partial charge in [0.05, 0.1) is 31.2 Å². The molecule has 0 saturated heterocycles. The molecule has 4 rings (SSSR count). The molecule has 0 saturated carbocycles. The van der Waals surface area contributed by atoms with Crippen LogP contribution >= 0.6 is 31.9 Å². The summed E-state index contributed by atoms with van der Waals surface area (Å²) < 4.78 is 6.82. The summed E-state index contributed by atoms with van der Waals surface area (Å²) in [4.78, 5) is 25.2. The van der Waals surface area contributed by atoms with Gasteiger partial charge >= 0.3 is 11.9 Å². The number of benzene rings is 3. The minimum Gasteiger partial charge on any atom is -0.506 e. The smallest absolute Gasteiger partial charge is 0.341 e. The van der Waals surface area contributed by atoms with Gasteiger partial charge in [0.2, 0.25) is 0 Å². The van der Waals surface area contributed by atoms with E-state index in [1.165, 1.54) is 12.1 Å². The topological polar surface area (TPSA) is 104 Å². The normalized spacial score (nSPS) is 14.2. The number of aromatic hydroxyl groups is 2. The van der Waals surface area contributed by atoms with Crippen molar-refractivity contribution in [1.82, 2.24) is 0 Å². The van der Waals surface area contributed by atoms with E-state index < -0.39 is 17.5 Å². The molecule has 0 aliphatic carbocycles. The van der Waals surface area contributed by atoms with Gasteiger partial charge in [0.15, 0.2) is 5.60 Å². The summed E-state index contributed by atoms with van der Waals surface area (Å²) in [5, 5.41) is 32.3. The number of carbonyl (C=O) groups is 2. The monoisotopic (exact) mass is 574 g/mol. The van der Waals surface area contributed by atoms with Crippen LogP contribution in [0.25, 0.3) is 0 Å². The number of esters is 1. The van der Waals surface area contributed by atoms with E-state index in [0.29, 0.717) is 20.1 Å². The zero-order chi connectivity index (χ0) is 24.4. The van der Waals surface area contributed by atoms with Crippen molar-refractivity contribution in [2.24, 2.45) is 0 Å². The van der Waals surface area contributed by atoms with Gasteiger partial charge in [-0.1, -0.05) is 12.1 Å². The number of aromatic carboxylic acids is 1. The van der Waals surface area contributed by atoms with Crippen LogP contribution in [0.2, 0.25) is 0 Å². The first-order valence-electron chi connectivity index (χ1n) is 10.0. The number of cyclic esters (lactones) is 1. The van der Waals surface area contributed by atoms with Gasteiger partial charge in [-0.05, 0) is 100 Å². The maximum absolute atomic E-state index is 13.3. The molecule has 0 amide bonds. The quantitative estimate of drug-likeness (QED) is 0.330. The average molecular weight is 576 g/mol. The Kier molecular flexibility index (Phi) is 5.57. The van der Waals surface area contributed by atoms with Crippen molar-refractivity contribution in [3.05, 3.63) is 89.3 Å². The molecule has 8 heteroatoms. The second kappa shape index (κ2) is 7.88. The minimum atomic E-state index is -1.79. The van der Waals surface area contributed by atoms with Gasteiger partial charge in [-0.2, -0.15) is 0 Å². The number of carbonyl (C=O) groups excluding carboxylic acids is 1. The zero-order valence-corrected chi connectivity index (χ0v) is 21.4. The Hall–Kier alpha value is -2.84. The van der Waals surface area contributed by atoms with Crippen molar-refractivity contribution in [2.45, 2.75) is 33.3 Å². The summed E-state index contributed by atoms with van der Waals surface area (Å²) in [7, 11) is 0. The highest BCUT2D eigenvalue weighted by Crippen LogP contribution is 2.57. The number of phenolic OH excluding ortho intramolecular Hbond substituents is 2. The van der Waals surface area contributed by atoms with Gasteiger partial charge in [0, 0.05) is 5.56 Å². The van der Waals surface area contributed by atoms with Crippen LogP contribution in [-0.4, -0.2) is 27.3 Å². The van der Waals surface area contributed by atoms with Crippen LogP contribution in [0.5, 0.6) is 11.5 Å². The molecule has 33 heavy (non-hydrogen) atoms. The summed E-state index contributed by atoms with van der Waals surface area (Å²) in [5.74, 6) is -2.47. The van der Waals surface area contributed by atoms with Crippen molar-refractivity contribution in [3.8, 4) is 11.5 Å². The van der Waals surface area contributed by atoms with Crippen LogP contribution in [0, 0.1) is 27.7 Å². The van der Waals surface area contributed by atoms with E-state index in [4.69, 9.17) is 4.74 Å².